The van der Waals surface area contributed by atoms with Crippen molar-refractivity contribution < 1.29 is 4.74 Å². The molecule has 0 fully saturated rings. The summed E-state index contributed by atoms with van der Waals surface area (Å²) in [4.78, 5) is 0. The third kappa shape index (κ3) is 2.88. The van der Waals surface area contributed by atoms with E-state index < -0.39 is 0 Å². The number of nitrogen functional groups attached to an aromatic ring is 1. The van der Waals surface area contributed by atoms with Crippen molar-refractivity contribution in [1.29, 1.82) is 0 Å². The summed E-state index contributed by atoms with van der Waals surface area (Å²) < 4.78 is 6.75. The van der Waals surface area contributed by atoms with E-state index in [1.54, 1.807) is 0 Å². The van der Waals surface area contributed by atoms with E-state index in [-0.39, 0.29) is 0 Å². The molecular weight excluding hydrogens is 313 g/mol. The lowest BCUT2D eigenvalue weighted by molar-refractivity contribution is 0.304. The van der Waals surface area contributed by atoms with Gasteiger partial charge in [-0.25, -0.2) is 0 Å². The van der Waals surface area contributed by atoms with Crippen LogP contribution in [0.25, 0.3) is 0 Å². The fraction of sp³-hybridized carbons (Fsp3) is 0.0769. The predicted molar refractivity (Wildman–Crippen MR) is 74.3 cm³/mol. The Morgan fingerprint density at radius 1 is 1.06 bits per heavy atom. The van der Waals surface area contributed by atoms with Crippen molar-refractivity contribution in [1.82, 2.24) is 0 Å². The zero-order valence-corrected chi connectivity index (χ0v) is 10.8. The Kier molecular flexibility index (Phi) is 3.66. The van der Waals surface area contributed by atoms with Gasteiger partial charge < -0.3 is 10.5 Å². The van der Waals surface area contributed by atoms with Gasteiger partial charge in [-0.15, -0.1) is 0 Å². The number of ether oxygens (including phenoxy) is 1. The van der Waals surface area contributed by atoms with Crippen molar-refractivity contribution in [2.45, 2.75) is 6.61 Å². The first kappa shape index (κ1) is 11.3. The molecule has 0 unspecified atom stereocenters. The molecule has 0 aliphatic rings. The highest BCUT2D eigenvalue weighted by molar-refractivity contribution is 14.1. The van der Waals surface area contributed by atoms with Gasteiger partial charge in [0.05, 0.1) is 3.57 Å². The van der Waals surface area contributed by atoms with Crippen LogP contribution in [0.3, 0.4) is 0 Å². The molecule has 0 radical (unpaired) electrons. The van der Waals surface area contributed by atoms with Crippen LogP contribution in [0.1, 0.15) is 5.56 Å². The first-order valence-corrected chi connectivity index (χ1v) is 6.05. The second-order valence-electron chi connectivity index (χ2n) is 3.46. The molecule has 0 heterocycles. The highest BCUT2D eigenvalue weighted by atomic mass is 127. The van der Waals surface area contributed by atoms with E-state index in [9.17, 15) is 0 Å². The van der Waals surface area contributed by atoms with Crippen LogP contribution in [0.4, 0.5) is 5.69 Å². The molecule has 0 bridgehead atoms. The third-order valence-corrected chi connectivity index (χ3v) is 3.04. The molecule has 0 atom stereocenters. The van der Waals surface area contributed by atoms with Crippen LogP contribution in [0.2, 0.25) is 0 Å². The van der Waals surface area contributed by atoms with E-state index in [1.165, 1.54) is 0 Å². The van der Waals surface area contributed by atoms with E-state index in [2.05, 4.69) is 22.6 Å². The number of hydrogen-bond acceptors (Lipinski definition) is 2. The van der Waals surface area contributed by atoms with Crippen LogP contribution < -0.4 is 10.5 Å². The number of benzene rings is 2. The molecule has 2 aromatic rings. The van der Waals surface area contributed by atoms with E-state index in [4.69, 9.17) is 10.5 Å². The van der Waals surface area contributed by atoms with E-state index >= 15 is 0 Å². The van der Waals surface area contributed by atoms with Crippen molar-refractivity contribution in [2.75, 3.05) is 5.73 Å². The van der Waals surface area contributed by atoms with Crippen LogP contribution in [0.15, 0.2) is 48.5 Å². The van der Waals surface area contributed by atoms with Gasteiger partial charge in [-0.2, -0.15) is 0 Å². The monoisotopic (exact) mass is 325 g/mol. The maximum absolute atomic E-state index is 5.71. The summed E-state index contributed by atoms with van der Waals surface area (Å²) in [5, 5.41) is 0. The van der Waals surface area contributed by atoms with E-state index in [0.29, 0.717) is 6.61 Å². The van der Waals surface area contributed by atoms with Crippen molar-refractivity contribution >= 4 is 28.3 Å². The van der Waals surface area contributed by atoms with Crippen LogP contribution in [0, 0.1) is 3.57 Å². The summed E-state index contributed by atoms with van der Waals surface area (Å²) in [7, 11) is 0. The molecule has 16 heavy (non-hydrogen) atoms. The molecule has 2 aromatic carbocycles. The van der Waals surface area contributed by atoms with E-state index in [1.807, 2.05) is 48.5 Å². The molecule has 2 N–H and O–H groups in total. The lowest BCUT2D eigenvalue weighted by Gasteiger charge is -2.08. The molecule has 0 aromatic heterocycles. The average Bonchev–Trinajstić information content (AvgIpc) is 2.29. The predicted octanol–water partition coefficient (Wildman–Crippen LogP) is 3.45. The van der Waals surface area contributed by atoms with Gasteiger partial charge in [0.2, 0.25) is 0 Å². The Balaban J connectivity index is 2.05. The number of nitrogens with two attached hydrogens (primary N) is 1. The second-order valence-corrected chi connectivity index (χ2v) is 4.63. The Morgan fingerprint density at radius 2 is 1.81 bits per heavy atom. The van der Waals surface area contributed by atoms with Gasteiger partial charge in [0.25, 0.3) is 0 Å². The SMILES string of the molecule is Nc1ccc(OCc2ccccc2)c(I)c1. The van der Waals surface area contributed by atoms with Crippen LogP contribution >= 0.6 is 22.6 Å². The molecule has 0 amide bonds. The summed E-state index contributed by atoms with van der Waals surface area (Å²) in [6.45, 7) is 0.584. The van der Waals surface area contributed by atoms with Gasteiger partial charge in [0.1, 0.15) is 12.4 Å². The summed E-state index contributed by atoms with van der Waals surface area (Å²) in [5.41, 5.74) is 7.60. The van der Waals surface area contributed by atoms with Gasteiger partial charge in [0.15, 0.2) is 0 Å². The summed E-state index contributed by atoms with van der Waals surface area (Å²) in [6.07, 6.45) is 0. The fourth-order valence-corrected chi connectivity index (χ4v) is 2.06. The largest absolute Gasteiger partial charge is 0.488 e. The van der Waals surface area contributed by atoms with Crippen molar-refractivity contribution in [2.24, 2.45) is 0 Å². The minimum absolute atomic E-state index is 0.584. The van der Waals surface area contributed by atoms with Gasteiger partial charge in [-0.3, -0.25) is 0 Å². The van der Waals surface area contributed by atoms with E-state index in [0.717, 1.165) is 20.6 Å². The first-order chi connectivity index (χ1) is 7.75. The molecule has 0 saturated heterocycles. The van der Waals surface area contributed by atoms with Crippen LogP contribution in [-0.2, 0) is 6.61 Å². The smallest absolute Gasteiger partial charge is 0.133 e. The molecule has 82 valence electrons. The zero-order valence-electron chi connectivity index (χ0n) is 8.69. The number of rotatable bonds is 3. The maximum atomic E-state index is 5.71. The normalized spacial score (nSPS) is 10.1. The molecular formula is C13H12INO. The topological polar surface area (TPSA) is 35.2 Å². The molecule has 0 saturated carbocycles. The number of halogens is 1. The zero-order chi connectivity index (χ0) is 11.4. The Hall–Kier alpha value is -1.23. The minimum atomic E-state index is 0.584. The number of anilines is 1. The van der Waals surface area contributed by atoms with Gasteiger partial charge in [-0.05, 0) is 46.4 Å². The summed E-state index contributed by atoms with van der Waals surface area (Å²) >= 11 is 2.22. The molecule has 0 aliphatic carbocycles. The lowest BCUT2D eigenvalue weighted by atomic mass is 10.2. The number of hydrogen-bond donors (Lipinski definition) is 1. The summed E-state index contributed by atoms with van der Waals surface area (Å²) in [5.74, 6) is 0.874. The molecule has 3 heteroatoms. The first-order valence-electron chi connectivity index (χ1n) is 4.97. The molecule has 2 rings (SSSR count). The van der Waals surface area contributed by atoms with Crippen molar-refractivity contribution in [3.8, 4) is 5.75 Å². The molecule has 2 nitrogen and oxygen atoms in total. The Bertz CT molecular complexity index is 471. The third-order valence-electron chi connectivity index (χ3n) is 2.19. The fourth-order valence-electron chi connectivity index (χ4n) is 1.37. The maximum Gasteiger partial charge on any atom is 0.133 e. The molecule has 0 spiro atoms. The summed E-state index contributed by atoms with van der Waals surface area (Å²) in [6, 6.07) is 15.8. The molecule has 0 aliphatic heterocycles. The second kappa shape index (κ2) is 5.21. The highest BCUT2D eigenvalue weighted by Gasteiger charge is 2.01. The lowest BCUT2D eigenvalue weighted by Crippen LogP contribution is -1.97. The standard InChI is InChI=1S/C13H12INO/c14-12-8-11(15)6-7-13(12)16-9-10-4-2-1-3-5-10/h1-8H,9,15H2. The minimum Gasteiger partial charge on any atom is -0.488 e. The van der Waals surface area contributed by atoms with Gasteiger partial charge >= 0.3 is 0 Å². The van der Waals surface area contributed by atoms with Crippen LogP contribution in [0.5, 0.6) is 5.75 Å². The quantitative estimate of drug-likeness (QED) is 0.693. The average molecular weight is 325 g/mol. The van der Waals surface area contributed by atoms with Gasteiger partial charge in [-0.1, -0.05) is 30.3 Å². The van der Waals surface area contributed by atoms with Crippen LogP contribution in [-0.4, -0.2) is 0 Å². The van der Waals surface area contributed by atoms with Crippen molar-refractivity contribution in [3.05, 3.63) is 57.7 Å². The Labute approximate surface area is 109 Å². The Morgan fingerprint density at radius 3 is 2.50 bits per heavy atom. The van der Waals surface area contributed by atoms with Crippen molar-refractivity contribution in [3.63, 3.8) is 0 Å². The van der Waals surface area contributed by atoms with Gasteiger partial charge in [0, 0.05) is 5.69 Å². The highest BCUT2D eigenvalue weighted by Crippen LogP contribution is 2.23.